The molecule has 0 bridgehead atoms. The van der Waals surface area contributed by atoms with Gasteiger partial charge in [-0.25, -0.2) is 19.6 Å². The van der Waals surface area contributed by atoms with Crippen LogP contribution in [0.2, 0.25) is 0 Å². The summed E-state index contributed by atoms with van der Waals surface area (Å²) in [6, 6.07) is 3.88. The number of hydrogen-bond donors (Lipinski definition) is 1. The lowest BCUT2D eigenvalue weighted by atomic mass is 10.1. The Morgan fingerprint density at radius 1 is 1.15 bits per heavy atom. The summed E-state index contributed by atoms with van der Waals surface area (Å²) in [6.45, 7) is 6.99. The third-order valence-electron chi connectivity index (χ3n) is 5.81. The fraction of sp³-hybridized carbons (Fsp3) is 0.435. The Labute approximate surface area is 206 Å². The van der Waals surface area contributed by atoms with Crippen molar-refractivity contribution in [1.29, 1.82) is 0 Å². The van der Waals surface area contributed by atoms with Gasteiger partial charge in [-0.3, -0.25) is 4.79 Å². The van der Waals surface area contributed by atoms with Crippen LogP contribution >= 0.6 is 23.1 Å². The molecule has 0 atom stereocenters. The largest absolute Gasteiger partial charge is 0.356 e. The summed E-state index contributed by atoms with van der Waals surface area (Å²) in [5.41, 5.74) is 1.56. The van der Waals surface area contributed by atoms with Gasteiger partial charge < -0.3 is 14.8 Å². The van der Waals surface area contributed by atoms with Crippen LogP contribution in [0.5, 0.6) is 0 Å². The van der Waals surface area contributed by atoms with Crippen LogP contribution in [-0.2, 0) is 6.54 Å². The van der Waals surface area contributed by atoms with E-state index in [0.717, 1.165) is 51.7 Å². The van der Waals surface area contributed by atoms with Crippen molar-refractivity contribution in [3.8, 4) is 5.13 Å². The zero-order valence-electron chi connectivity index (χ0n) is 19.4. The van der Waals surface area contributed by atoms with Crippen LogP contribution in [0.25, 0.3) is 16.2 Å². The molecule has 178 valence electrons. The Bertz CT molecular complexity index is 1270. The van der Waals surface area contributed by atoms with Gasteiger partial charge in [0.2, 0.25) is 0 Å². The molecule has 5 heterocycles. The van der Waals surface area contributed by atoms with Crippen molar-refractivity contribution in [2.45, 2.75) is 44.8 Å². The third kappa shape index (κ3) is 4.67. The van der Waals surface area contributed by atoms with E-state index in [1.807, 2.05) is 46.9 Å². The molecule has 11 heteroatoms. The van der Waals surface area contributed by atoms with Gasteiger partial charge in [0, 0.05) is 32.0 Å². The zero-order chi connectivity index (χ0) is 23.5. The van der Waals surface area contributed by atoms with E-state index < -0.39 is 0 Å². The first-order valence-electron chi connectivity index (χ1n) is 11.6. The van der Waals surface area contributed by atoms with Crippen LogP contribution in [0.1, 0.15) is 41.6 Å². The highest BCUT2D eigenvalue weighted by atomic mass is 32.2. The second-order valence-electron chi connectivity index (χ2n) is 8.17. The highest BCUT2D eigenvalue weighted by molar-refractivity contribution is 7.99. The van der Waals surface area contributed by atoms with E-state index in [1.165, 1.54) is 30.6 Å². The lowest BCUT2D eigenvalue weighted by Gasteiger charge is -2.28. The summed E-state index contributed by atoms with van der Waals surface area (Å²) in [4.78, 5) is 30.0. The van der Waals surface area contributed by atoms with E-state index >= 15 is 0 Å². The number of thioether (sulfide) groups is 1. The molecule has 1 aliphatic rings. The minimum absolute atomic E-state index is 0.115. The van der Waals surface area contributed by atoms with Crippen molar-refractivity contribution < 1.29 is 4.79 Å². The Kier molecular flexibility index (Phi) is 6.82. The number of rotatable bonds is 8. The van der Waals surface area contributed by atoms with Crippen LogP contribution in [0, 0.1) is 6.92 Å². The second-order valence-corrected chi connectivity index (χ2v) is 10.4. The number of piperidine rings is 1. The first kappa shape index (κ1) is 22.9. The normalized spacial score (nSPS) is 14.1. The average Bonchev–Trinajstić information content (AvgIpc) is 3.60. The van der Waals surface area contributed by atoms with Gasteiger partial charge in [0.25, 0.3) is 5.91 Å². The molecule has 34 heavy (non-hydrogen) atoms. The predicted octanol–water partition coefficient (Wildman–Crippen LogP) is 3.91. The van der Waals surface area contributed by atoms with E-state index in [4.69, 9.17) is 9.97 Å². The fourth-order valence-corrected chi connectivity index (χ4v) is 5.66. The summed E-state index contributed by atoms with van der Waals surface area (Å²) >= 11 is 3.03. The Morgan fingerprint density at radius 2 is 1.94 bits per heavy atom. The maximum Gasteiger partial charge on any atom is 0.263 e. The number of carbonyl (C=O) groups is 1. The number of fused-ring (bicyclic) bond motifs is 1. The van der Waals surface area contributed by atoms with E-state index in [-0.39, 0.29) is 5.91 Å². The summed E-state index contributed by atoms with van der Waals surface area (Å²) in [5, 5.41) is 10.2. The molecule has 4 aromatic rings. The van der Waals surface area contributed by atoms with Crippen molar-refractivity contribution in [1.82, 2.24) is 34.6 Å². The molecule has 4 aromatic heterocycles. The molecule has 1 fully saturated rings. The van der Waals surface area contributed by atoms with Crippen LogP contribution in [-0.4, -0.2) is 60.6 Å². The molecule has 1 aliphatic heterocycles. The van der Waals surface area contributed by atoms with Crippen LogP contribution < -0.4 is 10.2 Å². The fourth-order valence-electron chi connectivity index (χ4n) is 4.15. The Hall–Kier alpha value is -2.92. The Balaban J connectivity index is 1.31. The van der Waals surface area contributed by atoms with Crippen LogP contribution in [0.3, 0.4) is 0 Å². The van der Waals surface area contributed by atoms with Crippen molar-refractivity contribution in [2.75, 3.05) is 30.3 Å². The monoisotopic (exact) mass is 496 g/mol. The quantitative estimate of drug-likeness (QED) is 0.292. The molecular formula is C23H28N8OS2. The predicted molar refractivity (Wildman–Crippen MR) is 136 cm³/mol. The summed E-state index contributed by atoms with van der Waals surface area (Å²) in [7, 11) is 0. The van der Waals surface area contributed by atoms with Crippen molar-refractivity contribution >= 4 is 45.9 Å². The first-order chi connectivity index (χ1) is 16.6. The van der Waals surface area contributed by atoms with Gasteiger partial charge in [-0.1, -0.05) is 30.0 Å². The lowest BCUT2D eigenvalue weighted by molar-refractivity contribution is 0.0955. The van der Waals surface area contributed by atoms with Gasteiger partial charge in [-0.05, 0) is 44.1 Å². The smallest absolute Gasteiger partial charge is 0.263 e. The van der Waals surface area contributed by atoms with Gasteiger partial charge in [0.05, 0.1) is 23.8 Å². The number of anilines is 1. The number of aryl methyl sites for hydroxylation is 1. The molecule has 0 spiro atoms. The maximum absolute atomic E-state index is 12.8. The average molecular weight is 497 g/mol. The van der Waals surface area contributed by atoms with E-state index in [9.17, 15) is 4.79 Å². The summed E-state index contributed by atoms with van der Waals surface area (Å²) in [6.07, 6.45) is 9.35. The number of nitrogens with zero attached hydrogens (tertiary/aromatic N) is 7. The number of carbonyl (C=O) groups excluding carboxylic acids is 1. The van der Waals surface area contributed by atoms with Crippen LogP contribution in [0.15, 0.2) is 35.9 Å². The van der Waals surface area contributed by atoms with Gasteiger partial charge >= 0.3 is 0 Å². The Morgan fingerprint density at radius 3 is 2.71 bits per heavy atom. The topological polar surface area (TPSA) is 93.8 Å². The molecule has 5 rings (SSSR count). The second kappa shape index (κ2) is 10.1. The zero-order valence-corrected chi connectivity index (χ0v) is 21.0. The molecular weight excluding hydrogens is 468 g/mol. The van der Waals surface area contributed by atoms with E-state index in [2.05, 4.69) is 27.2 Å². The minimum Gasteiger partial charge on any atom is -0.356 e. The number of aromatic nitrogens is 6. The summed E-state index contributed by atoms with van der Waals surface area (Å²) < 4.78 is 3.78. The maximum atomic E-state index is 12.8. The lowest BCUT2D eigenvalue weighted by Crippen LogP contribution is -2.30. The number of thiazole rings is 1. The molecule has 0 aliphatic carbocycles. The van der Waals surface area contributed by atoms with Crippen molar-refractivity contribution in [3.05, 3.63) is 41.3 Å². The standard InChI is InChI=1S/C23H28N8OS2/c1-3-33-22-27-19(29-10-5-4-6-11-29)17-15-25-31(20(17)28-22)14-9-24-21(32)18-16(2)26-23(34-18)30-12-7-8-13-30/h7-8,12-13,15H,3-6,9-11,14H2,1-2H3,(H,24,32). The molecule has 0 unspecified atom stereocenters. The van der Waals surface area contributed by atoms with Gasteiger partial charge in [-0.15, -0.1) is 0 Å². The molecule has 1 N–H and O–H groups in total. The van der Waals surface area contributed by atoms with E-state index in [1.54, 1.807) is 11.8 Å². The third-order valence-corrected chi connectivity index (χ3v) is 7.71. The number of nitrogens with one attached hydrogen (secondary N) is 1. The van der Waals surface area contributed by atoms with Gasteiger partial charge in [0.1, 0.15) is 10.7 Å². The van der Waals surface area contributed by atoms with E-state index in [0.29, 0.717) is 18.0 Å². The number of amides is 1. The van der Waals surface area contributed by atoms with Crippen molar-refractivity contribution in [3.63, 3.8) is 0 Å². The van der Waals surface area contributed by atoms with Gasteiger partial charge in [0.15, 0.2) is 15.9 Å². The first-order valence-corrected chi connectivity index (χ1v) is 13.4. The van der Waals surface area contributed by atoms with Crippen molar-refractivity contribution in [2.24, 2.45) is 0 Å². The molecule has 1 amide bonds. The molecule has 1 saturated heterocycles. The minimum atomic E-state index is -0.115. The van der Waals surface area contributed by atoms with Crippen LogP contribution in [0.4, 0.5) is 5.82 Å². The highest BCUT2D eigenvalue weighted by Gasteiger charge is 2.20. The van der Waals surface area contributed by atoms with Gasteiger partial charge in [-0.2, -0.15) is 5.10 Å². The highest BCUT2D eigenvalue weighted by Crippen LogP contribution is 2.29. The molecule has 9 nitrogen and oxygen atoms in total. The SMILES string of the molecule is CCSc1nc(N2CCCCC2)c2cnn(CCNC(=O)c3sc(-n4cccc4)nc3C)c2n1. The summed E-state index contributed by atoms with van der Waals surface area (Å²) in [5.74, 6) is 1.78. The number of hydrogen-bond acceptors (Lipinski definition) is 8. The molecule has 0 saturated carbocycles. The molecule has 0 aromatic carbocycles. The molecule has 0 radical (unpaired) electrons.